The van der Waals surface area contributed by atoms with Crippen molar-refractivity contribution in [3.8, 4) is 5.75 Å². The van der Waals surface area contributed by atoms with Crippen molar-refractivity contribution in [3.63, 3.8) is 0 Å². The zero-order chi connectivity index (χ0) is 14.2. The van der Waals surface area contributed by atoms with Gasteiger partial charge < -0.3 is 15.2 Å². The number of nitrogens with two attached hydrogens (primary N) is 1. The monoisotopic (exact) mass is 279 g/mol. The Labute approximate surface area is 121 Å². The van der Waals surface area contributed by atoms with Crippen LogP contribution in [-0.4, -0.2) is 69.4 Å². The van der Waals surface area contributed by atoms with Crippen LogP contribution in [0.3, 0.4) is 0 Å². The van der Waals surface area contributed by atoms with Crippen LogP contribution in [0.4, 0.5) is 5.69 Å². The molecule has 1 aromatic rings. The van der Waals surface area contributed by atoms with Crippen molar-refractivity contribution in [2.75, 3.05) is 65.3 Å². The number of methoxy groups -OCH3 is 1. The molecule has 0 saturated carbocycles. The second kappa shape index (κ2) is 8.09. The topological polar surface area (TPSA) is 51.0 Å². The van der Waals surface area contributed by atoms with Gasteiger partial charge in [-0.15, -0.1) is 0 Å². The van der Waals surface area contributed by atoms with Crippen LogP contribution >= 0.6 is 0 Å². The molecular formula is C15H25N3O2. The number of nitrogen functional groups attached to an aromatic ring is 1. The van der Waals surface area contributed by atoms with E-state index in [9.17, 15) is 0 Å². The van der Waals surface area contributed by atoms with Crippen molar-refractivity contribution in [1.29, 1.82) is 0 Å². The normalized spacial score (nSPS) is 17.2. The lowest BCUT2D eigenvalue weighted by molar-refractivity contribution is 0.0894. The average molecular weight is 279 g/mol. The van der Waals surface area contributed by atoms with Crippen LogP contribution in [0.5, 0.6) is 5.75 Å². The molecule has 0 spiro atoms. The van der Waals surface area contributed by atoms with E-state index in [2.05, 4.69) is 9.80 Å². The summed E-state index contributed by atoms with van der Waals surface area (Å²) in [4.78, 5) is 4.89. The van der Waals surface area contributed by atoms with E-state index in [1.807, 2.05) is 24.3 Å². The highest BCUT2D eigenvalue weighted by Crippen LogP contribution is 2.13. The molecule has 2 N–H and O–H groups in total. The smallest absolute Gasteiger partial charge is 0.119 e. The fourth-order valence-corrected chi connectivity index (χ4v) is 2.31. The number of rotatable bonds is 7. The molecule has 5 heteroatoms. The Morgan fingerprint density at radius 2 is 1.50 bits per heavy atom. The molecule has 0 radical (unpaired) electrons. The van der Waals surface area contributed by atoms with Gasteiger partial charge in [-0.3, -0.25) is 9.80 Å². The Hall–Kier alpha value is -1.30. The molecule has 1 aromatic carbocycles. The standard InChI is InChI=1S/C15H25N3O2/c1-19-12-10-17-6-8-18(9-7-17)11-13-20-15-4-2-14(16)3-5-15/h2-5H,6-13,16H2,1H3. The van der Waals surface area contributed by atoms with E-state index in [4.69, 9.17) is 15.2 Å². The van der Waals surface area contributed by atoms with Gasteiger partial charge in [0.1, 0.15) is 12.4 Å². The fraction of sp³-hybridized carbons (Fsp3) is 0.600. The maximum absolute atomic E-state index is 5.72. The summed E-state index contributed by atoms with van der Waals surface area (Å²) in [5.74, 6) is 0.887. The molecule has 0 aliphatic carbocycles. The van der Waals surface area contributed by atoms with Crippen molar-refractivity contribution in [1.82, 2.24) is 9.80 Å². The second-order valence-electron chi connectivity index (χ2n) is 5.09. The van der Waals surface area contributed by atoms with Crippen LogP contribution in [-0.2, 0) is 4.74 Å². The van der Waals surface area contributed by atoms with Crippen molar-refractivity contribution in [2.45, 2.75) is 0 Å². The summed E-state index contributed by atoms with van der Waals surface area (Å²) in [5, 5.41) is 0. The molecule has 0 amide bonds. The summed E-state index contributed by atoms with van der Waals surface area (Å²) in [7, 11) is 1.75. The zero-order valence-corrected chi connectivity index (χ0v) is 12.3. The van der Waals surface area contributed by atoms with Crippen molar-refractivity contribution in [3.05, 3.63) is 24.3 Å². The number of ether oxygens (including phenoxy) is 2. The lowest BCUT2D eigenvalue weighted by atomic mass is 10.3. The first-order valence-corrected chi connectivity index (χ1v) is 7.20. The maximum atomic E-state index is 5.72. The van der Waals surface area contributed by atoms with Gasteiger partial charge in [-0.05, 0) is 24.3 Å². The molecule has 0 bridgehead atoms. The molecule has 112 valence electrons. The third-order valence-electron chi connectivity index (χ3n) is 3.63. The number of piperazine rings is 1. The predicted molar refractivity (Wildman–Crippen MR) is 81.1 cm³/mol. The largest absolute Gasteiger partial charge is 0.492 e. The van der Waals surface area contributed by atoms with Crippen molar-refractivity contribution in [2.24, 2.45) is 0 Å². The predicted octanol–water partition coefficient (Wildman–Crippen LogP) is 0.912. The first kappa shape index (κ1) is 15.1. The minimum atomic E-state index is 0.724. The van der Waals surface area contributed by atoms with Crippen molar-refractivity contribution >= 4 is 5.69 Å². The highest BCUT2D eigenvalue weighted by molar-refractivity contribution is 5.41. The summed E-state index contributed by atoms with van der Waals surface area (Å²) >= 11 is 0. The SMILES string of the molecule is COCCN1CCN(CCOc2ccc(N)cc2)CC1. The Balaban J connectivity index is 1.60. The van der Waals surface area contributed by atoms with Gasteiger partial charge in [0.05, 0.1) is 6.61 Å². The first-order chi connectivity index (χ1) is 9.78. The van der Waals surface area contributed by atoms with Crippen molar-refractivity contribution < 1.29 is 9.47 Å². The number of nitrogens with zero attached hydrogens (tertiary/aromatic N) is 2. The molecule has 1 fully saturated rings. The molecule has 1 aliphatic heterocycles. The number of hydrogen-bond acceptors (Lipinski definition) is 5. The maximum Gasteiger partial charge on any atom is 0.119 e. The van der Waals surface area contributed by atoms with E-state index in [-0.39, 0.29) is 0 Å². The minimum Gasteiger partial charge on any atom is -0.492 e. The van der Waals surface area contributed by atoms with Gasteiger partial charge >= 0.3 is 0 Å². The zero-order valence-electron chi connectivity index (χ0n) is 12.3. The molecule has 1 heterocycles. The molecule has 1 saturated heterocycles. The summed E-state index contributed by atoms with van der Waals surface area (Å²) in [6.07, 6.45) is 0. The minimum absolute atomic E-state index is 0.724. The van der Waals surface area contributed by atoms with Gasteiger partial charge in [-0.1, -0.05) is 0 Å². The van der Waals surface area contributed by atoms with Gasteiger partial charge in [0, 0.05) is 52.1 Å². The van der Waals surface area contributed by atoms with Crippen LogP contribution in [0.2, 0.25) is 0 Å². The third kappa shape index (κ3) is 5.00. The van der Waals surface area contributed by atoms with Gasteiger partial charge in [0.2, 0.25) is 0 Å². The van der Waals surface area contributed by atoms with Crippen LogP contribution in [0.1, 0.15) is 0 Å². The quantitative estimate of drug-likeness (QED) is 0.752. The fourth-order valence-electron chi connectivity index (χ4n) is 2.31. The highest BCUT2D eigenvalue weighted by atomic mass is 16.5. The molecule has 1 aliphatic rings. The first-order valence-electron chi connectivity index (χ1n) is 7.20. The van der Waals surface area contributed by atoms with Gasteiger partial charge in [0.15, 0.2) is 0 Å². The van der Waals surface area contributed by atoms with Gasteiger partial charge in [-0.2, -0.15) is 0 Å². The van der Waals surface area contributed by atoms with Crippen LogP contribution in [0.15, 0.2) is 24.3 Å². The summed E-state index contributed by atoms with van der Waals surface area (Å²) in [5.41, 5.74) is 6.41. The molecule has 2 rings (SSSR count). The van der Waals surface area contributed by atoms with E-state index in [0.29, 0.717) is 0 Å². The summed E-state index contributed by atoms with van der Waals surface area (Å²) < 4.78 is 10.8. The number of hydrogen-bond donors (Lipinski definition) is 1. The Morgan fingerprint density at radius 3 is 2.05 bits per heavy atom. The average Bonchev–Trinajstić information content (AvgIpc) is 2.48. The molecule has 0 unspecified atom stereocenters. The molecule has 0 aromatic heterocycles. The van der Waals surface area contributed by atoms with E-state index in [1.54, 1.807) is 7.11 Å². The Kier molecular flexibility index (Phi) is 6.11. The number of benzene rings is 1. The molecule has 0 atom stereocenters. The summed E-state index contributed by atoms with van der Waals surface area (Å²) in [6, 6.07) is 7.56. The Morgan fingerprint density at radius 1 is 0.950 bits per heavy atom. The summed E-state index contributed by atoms with van der Waals surface area (Å²) in [6.45, 7) is 8.00. The van der Waals surface area contributed by atoms with Crippen LogP contribution < -0.4 is 10.5 Å². The number of anilines is 1. The van der Waals surface area contributed by atoms with E-state index >= 15 is 0 Å². The lowest BCUT2D eigenvalue weighted by Gasteiger charge is -2.34. The third-order valence-corrected chi connectivity index (χ3v) is 3.63. The van der Waals surface area contributed by atoms with E-state index in [1.165, 1.54) is 0 Å². The highest BCUT2D eigenvalue weighted by Gasteiger charge is 2.15. The van der Waals surface area contributed by atoms with E-state index < -0.39 is 0 Å². The second-order valence-corrected chi connectivity index (χ2v) is 5.09. The van der Waals surface area contributed by atoms with Crippen LogP contribution in [0.25, 0.3) is 0 Å². The molecule has 20 heavy (non-hydrogen) atoms. The molecular weight excluding hydrogens is 254 g/mol. The Bertz CT molecular complexity index is 375. The van der Waals surface area contributed by atoms with E-state index in [0.717, 1.165) is 63.9 Å². The lowest BCUT2D eigenvalue weighted by Crippen LogP contribution is -2.48. The van der Waals surface area contributed by atoms with Crippen LogP contribution in [0, 0.1) is 0 Å². The van der Waals surface area contributed by atoms with Gasteiger partial charge in [-0.25, -0.2) is 0 Å². The van der Waals surface area contributed by atoms with Gasteiger partial charge in [0.25, 0.3) is 0 Å². The molecule has 5 nitrogen and oxygen atoms in total.